The van der Waals surface area contributed by atoms with E-state index in [1.165, 1.54) is 12.8 Å². The van der Waals surface area contributed by atoms with Crippen LogP contribution in [0.3, 0.4) is 0 Å². The molecule has 1 aliphatic heterocycles. The van der Waals surface area contributed by atoms with Gasteiger partial charge in [0.15, 0.2) is 0 Å². The topological polar surface area (TPSA) is 9.23 Å². The van der Waals surface area contributed by atoms with Crippen LogP contribution in [0, 0.1) is 11.8 Å². The van der Waals surface area contributed by atoms with Crippen LogP contribution in [0.5, 0.6) is 0 Å². The minimum Gasteiger partial charge on any atom is -0.381 e. The van der Waals surface area contributed by atoms with Gasteiger partial charge in [-0.1, -0.05) is 13.8 Å². The number of ether oxygens (including phenoxy) is 1. The molecular weight excluding hydrogens is 112 g/mol. The highest BCUT2D eigenvalue weighted by Gasteiger charge is 2.16. The molecule has 1 radical (unpaired) electrons. The lowest BCUT2D eigenvalue weighted by Crippen LogP contribution is -2.17. The fraction of sp³-hybridized carbons (Fsp3) is 0.875. The molecule has 0 N–H and O–H groups in total. The van der Waals surface area contributed by atoms with Crippen molar-refractivity contribution >= 4 is 0 Å². The molecule has 1 fully saturated rings. The van der Waals surface area contributed by atoms with Gasteiger partial charge in [0.05, 0.1) is 0 Å². The third-order valence-corrected chi connectivity index (χ3v) is 1.95. The lowest BCUT2D eigenvalue weighted by atomic mass is 9.89. The SMILES string of the molecule is CC(C)[C]1CCOCC1. The van der Waals surface area contributed by atoms with Crippen LogP contribution in [0.1, 0.15) is 26.7 Å². The number of rotatable bonds is 1. The molecule has 0 unspecified atom stereocenters. The summed E-state index contributed by atoms with van der Waals surface area (Å²) in [5, 5.41) is 0. The summed E-state index contributed by atoms with van der Waals surface area (Å²) in [7, 11) is 0. The monoisotopic (exact) mass is 127 g/mol. The van der Waals surface area contributed by atoms with Crippen LogP contribution < -0.4 is 0 Å². The average Bonchev–Trinajstić information content (AvgIpc) is 1.90. The zero-order valence-electron chi connectivity index (χ0n) is 6.31. The molecule has 0 aromatic rings. The van der Waals surface area contributed by atoms with Crippen molar-refractivity contribution < 1.29 is 4.74 Å². The molecule has 0 amide bonds. The highest BCUT2D eigenvalue weighted by atomic mass is 16.5. The maximum absolute atomic E-state index is 5.23. The Balaban J connectivity index is 2.23. The van der Waals surface area contributed by atoms with Gasteiger partial charge in [-0.2, -0.15) is 0 Å². The third-order valence-electron chi connectivity index (χ3n) is 1.95. The fourth-order valence-corrected chi connectivity index (χ4v) is 1.21. The second-order valence-electron chi connectivity index (χ2n) is 2.93. The largest absolute Gasteiger partial charge is 0.381 e. The van der Waals surface area contributed by atoms with Crippen LogP contribution in [-0.4, -0.2) is 13.2 Å². The van der Waals surface area contributed by atoms with Gasteiger partial charge in [-0.15, -0.1) is 0 Å². The Morgan fingerprint density at radius 2 is 1.78 bits per heavy atom. The van der Waals surface area contributed by atoms with Gasteiger partial charge >= 0.3 is 0 Å². The molecule has 53 valence electrons. The number of hydrogen-bond donors (Lipinski definition) is 0. The molecule has 1 heteroatoms. The Bertz CT molecular complexity index is 72.6. The molecule has 0 aromatic heterocycles. The van der Waals surface area contributed by atoms with E-state index in [0.717, 1.165) is 19.1 Å². The third kappa shape index (κ3) is 1.98. The summed E-state index contributed by atoms with van der Waals surface area (Å²) in [4.78, 5) is 0. The van der Waals surface area contributed by atoms with Crippen molar-refractivity contribution in [1.82, 2.24) is 0 Å². The first-order valence-electron chi connectivity index (χ1n) is 3.73. The van der Waals surface area contributed by atoms with Crippen LogP contribution in [0.25, 0.3) is 0 Å². The maximum Gasteiger partial charge on any atom is 0.0471 e. The molecule has 0 spiro atoms. The van der Waals surface area contributed by atoms with Crippen molar-refractivity contribution in [1.29, 1.82) is 0 Å². The number of hydrogen-bond acceptors (Lipinski definition) is 1. The van der Waals surface area contributed by atoms with Crippen molar-refractivity contribution in [2.45, 2.75) is 26.7 Å². The summed E-state index contributed by atoms with van der Waals surface area (Å²) in [6, 6.07) is 0. The minimum absolute atomic E-state index is 0.772. The summed E-state index contributed by atoms with van der Waals surface area (Å²) < 4.78 is 5.23. The van der Waals surface area contributed by atoms with Crippen LogP contribution in [-0.2, 0) is 4.74 Å². The normalized spacial score (nSPS) is 23.0. The fourth-order valence-electron chi connectivity index (χ4n) is 1.21. The quantitative estimate of drug-likeness (QED) is 0.523. The van der Waals surface area contributed by atoms with Crippen LogP contribution >= 0.6 is 0 Å². The van der Waals surface area contributed by atoms with E-state index in [2.05, 4.69) is 13.8 Å². The van der Waals surface area contributed by atoms with Crippen molar-refractivity contribution in [3.05, 3.63) is 5.92 Å². The Morgan fingerprint density at radius 1 is 1.22 bits per heavy atom. The summed E-state index contributed by atoms with van der Waals surface area (Å²) in [5.74, 6) is 2.45. The van der Waals surface area contributed by atoms with E-state index in [4.69, 9.17) is 4.74 Å². The highest BCUT2D eigenvalue weighted by Crippen LogP contribution is 2.24. The van der Waals surface area contributed by atoms with Crippen molar-refractivity contribution in [3.8, 4) is 0 Å². The lowest BCUT2D eigenvalue weighted by Gasteiger charge is -2.24. The van der Waals surface area contributed by atoms with Gasteiger partial charge in [0.1, 0.15) is 0 Å². The molecule has 1 heterocycles. The predicted molar refractivity (Wildman–Crippen MR) is 38.1 cm³/mol. The van der Waals surface area contributed by atoms with Gasteiger partial charge in [-0.3, -0.25) is 0 Å². The zero-order chi connectivity index (χ0) is 6.69. The van der Waals surface area contributed by atoms with Crippen LogP contribution in [0.4, 0.5) is 0 Å². The average molecular weight is 127 g/mol. The van der Waals surface area contributed by atoms with Gasteiger partial charge in [0, 0.05) is 13.2 Å². The van der Waals surface area contributed by atoms with Gasteiger partial charge < -0.3 is 4.74 Å². The second kappa shape index (κ2) is 3.21. The van der Waals surface area contributed by atoms with E-state index >= 15 is 0 Å². The first-order chi connectivity index (χ1) is 4.30. The highest BCUT2D eigenvalue weighted by molar-refractivity contribution is 4.94. The summed E-state index contributed by atoms with van der Waals surface area (Å²) in [5.41, 5.74) is 0. The van der Waals surface area contributed by atoms with E-state index < -0.39 is 0 Å². The molecular formula is C8H15O. The molecule has 0 aliphatic carbocycles. The predicted octanol–water partition coefficient (Wildman–Crippen LogP) is 2.03. The van der Waals surface area contributed by atoms with E-state index in [1.54, 1.807) is 5.92 Å². The minimum atomic E-state index is 0.772. The van der Waals surface area contributed by atoms with E-state index in [0.29, 0.717) is 0 Å². The van der Waals surface area contributed by atoms with Crippen molar-refractivity contribution in [3.63, 3.8) is 0 Å². The molecule has 1 saturated heterocycles. The van der Waals surface area contributed by atoms with Gasteiger partial charge in [-0.25, -0.2) is 0 Å². The molecule has 9 heavy (non-hydrogen) atoms. The first-order valence-corrected chi connectivity index (χ1v) is 3.73. The maximum atomic E-state index is 5.23. The van der Waals surface area contributed by atoms with Crippen LogP contribution in [0.15, 0.2) is 0 Å². The molecule has 1 nitrogen and oxygen atoms in total. The van der Waals surface area contributed by atoms with E-state index in [-0.39, 0.29) is 0 Å². The molecule has 1 rings (SSSR count). The van der Waals surface area contributed by atoms with Gasteiger partial charge in [-0.05, 0) is 24.7 Å². The standard InChI is InChI=1S/C8H15O/c1-7(2)8-3-5-9-6-4-8/h7H,3-6H2,1-2H3. The smallest absolute Gasteiger partial charge is 0.0471 e. The van der Waals surface area contributed by atoms with Crippen molar-refractivity contribution in [2.75, 3.05) is 13.2 Å². The summed E-state index contributed by atoms with van der Waals surface area (Å²) in [6.45, 7) is 6.43. The summed E-state index contributed by atoms with van der Waals surface area (Å²) >= 11 is 0. The Hall–Kier alpha value is -0.0400. The molecule has 1 aliphatic rings. The van der Waals surface area contributed by atoms with Gasteiger partial charge in [0.25, 0.3) is 0 Å². The molecule has 0 aromatic carbocycles. The van der Waals surface area contributed by atoms with E-state index in [9.17, 15) is 0 Å². The van der Waals surface area contributed by atoms with Crippen LogP contribution in [0.2, 0.25) is 0 Å². The molecule has 0 atom stereocenters. The summed E-state index contributed by atoms with van der Waals surface area (Å²) in [6.07, 6.45) is 2.38. The Kier molecular flexibility index (Phi) is 2.52. The lowest BCUT2D eigenvalue weighted by molar-refractivity contribution is 0.0996. The van der Waals surface area contributed by atoms with Crippen molar-refractivity contribution in [2.24, 2.45) is 5.92 Å². The first kappa shape index (κ1) is 7.07. The van der Waals surface area contributed by atoms with E-state index in [1.807, 2.05) is 0 Å². The zero-order valence-corrected chi connectivity index (χ0v) is 6.31. The Morgan fingerprint density at radius 3 is 2.11 bits per heavy atom. The molecule has 0 saturated carbocycles. The Labute approximate surface area is 57.4 Å². The van der Waals surface area contributed by atoms with Gasteiger partial charge in [0.2, 0.25) is 0 Å². The molecule has 0 bridgehead atoms. The second-order valence-corrected chi connectivity index (χ2v) is 2.93.